The maximum Gasteiger partial charge on any atom is 0.336 e. The summed E-state index contributed by atoms with van der Waals surface area (Å²) in [7, 11) is 1.59. The van der Waals surface area contributed by atoms with E-state index < -0.39 is 0 Å². The molecule has 0 unspecified atom stereocenters. The molecule has 96 valence electrons. The third-order valence-electron chi connectivity index (χ3n) is 2.44. The molecule has 0 aliphatic heterocycles. The van der Waals surface area contributed by atoms with Crippen molar-refractivity contribution in [3.05, 3.63) is 34.7 Å². The highest BCUT2D eigenvalue weighted by atomic mass is 127. The molecule has 4 nitrogen and oxygen atoms in total. The van der Waals surface area contributed by atoms with E-state index in [4.69, 9.17) is 13.9 Å². The van der Waals surface area contributed by atoms with Crippen LogP contribution in [0.15, 0.2) is 33.5 Å². The molecule has 0 bridgehead atoms. The van der Waals surface area contributed by atoms with E-state index in [9.17, 15) is 4.79 Å². The summed E-state index contributed by atoms with van der Waals surface area (Å²) in [6.07, 6.45) is 0.959. The summed E-state index contributed by atoms with van der Waals surface area (Å²) in [5, 5.41) is 0.813. The predicted octanol–water partition coefficient (Wildman–Crippen LogP) is 3.01. The molecular formula is C13H13IO4. The summed E-state index contributed by atoms with van der Waals surface area (Å²) in [5.41, 5.74) is 0.138. The van der Waals surface area contributed by atoms with E-state index in [0.717, 1.165) is 16.2 Å². The van der Waals surface area contributed by atoms with Crippen LogP contribution in [0.1, 0.15) is 6.42 Å². The van der Waals surface area contributed by atoms with E-state index in [1.807, 2.05) is 0 Å². The topological polar surface area (TPSA) is 48.7 Å². The Morgan fingerprint density at radius 1 is 1.28 bits per heavy atom. The van der Waals surface area contributed by atoms with Crippen molar-refractivity contribution in [2.45, 2.75) is 6.42 Å². The van der Waals surface area contributed by atoms with Crippen LogP contribution in [0.25, 0.3) is 11.0 Å². The van der Waals surface area contributed by atoms with Gasteiger partial charge in [-0.1, -0.05) is 22.6 Å². The molecule has 0 saturated carbocycles. The Morgan fingerprint density at radius 2 is 2.11 bits per heavy atom. The molecule has 1 heterocycles. The number of halogens is 1. The van der Waals surface area contributed by atoms with Gasteiger partial charge in [0.15, 0.2) is 11.5 Å². The van der Waals surface area contributed by atoms with Gasteiger partial charge in [-0.25, -0.2) is 4.79 Å². The van der Waals surface area contributed by atoms with Gasteiger partial charge in [0.1, 0.15) is 5.58 Å². The molecule has 0 amide bonds. The van der Waals surface area contributed by atoms with Crippen molar-refractivity contribution in [1.82, 2.24) is 0 Å². The zero-order chi connectivity index (χ0) is 13.0. The minimum absolute atomic E-state index is 0.370. The molecule has 18 heavy (non-hydrogen) atoms. The first-order valence-electron chi connectivity index (χ1n) is 5.55. The molecule has 0 fully saturated rings. The Hall–Kier alpha value is -1.24. The van der Waals surface area contributed by atoms with Crippen LogP contribution in [0.2, 0.25) is 0 Å². The number of hydrogen-bond acceptors (Lipinski definition) is 4. The fourth-order valence-corrected chi connectivity index (χ4v) is 1.90. The van der Waals surface area contributed by atoms with E-state index in [2.05, 4.69) is 22.6 Å². The van der Waals surface area contributed by atoms with Crippen LogP contribution in [0.4, 0.5) is 0 Å². The highest BCUT2D eigenvalue weighted by Gasteiger charge is 2.08. The summed E-state index contributed by atoms with van der Waals surface area (Å²) >= 11 is 2.30. The molecule has 0 radical (unpaired) electrons. The van der Waals surface area contributed by atoms with E-state index in [0.29, 0.717) is 23.7 Å². The number of fused-ring (bicyclic) bond motifs is 1. The van der Waals surface area contributed by atoms with Crippen molar-refractivity contribution in [1.29, 1.82) is 0 Å². The highest BCUT2D eigenvalue weighted by molar-refractivity contribution is 14.1. The number of ether oxygens (including phenoxy) is 2. The maximum absolute atomic E-state index is 11.2. The Morgan fingerprint density at radius 3 is 2.83 bits per heavy atom. The lowest BCUT2D eigenvalue weighted by Gasteiger charge is -2.10. The lowest BCUT2D eigenvalue weighted by Crippen LogP contribution is -2.01. The van der Waals surface area contributed by atoms with Crippen molar-refractivity contribution >= 4 is 33.6 Å². The van der Waals surface area contributed by atoms with E-state index in [-0.39, 0.29) is 5.63 Å². The van der Waals surface area contributed by atoms with Gasteiger partial charge in [-0.15, -0.1) is 0 Å². The van der Waals surface area contributed by atoms with Gasteiger partial charge >= 0.3 is 5.63 Å². The van der Waals surface area contributed by atoms with Crippen LogP contribution in [0.3, 0.4) is 0 Å². The minimum Gasteiger partial charge on any atom is -0.493 e. The summed E-state index contributed by atoms with van der Waals surface area (Å²) in [4.78, 5) is 11.2. The first-order chi connectivity index (χ1) is 8.74. The summed E-state index contributed by atoms with van der Waals surface area (Å²) in [5.74, 6) is 1.24. The highest BCUT2D eigenvalue weighted by Crippen LogP contribution is 2.31. The maximum atomic E-state index is 11.2. The minimum atomic E-state index is -0.370. The zero-order valence-electron chi connectivity index (χ0n) is 9.94. The zero-order valence-corrected chi connectivity index (χ0v) is 12.1. The van der Waals surface area contributed by atoms with Crippen molar-refractivity contribution in [2.24, 2.45) is 0 Å². The van der Waals surface area contributed by atoms with Gasteiger partial charge in [-0.2, -0.15) is 0 Å². The number of rotatable bonds is 5. The van der Waals surface area contributed by atoms with E-state index in [1.165, 1.54) is 6.07 Å². The van der Waals surface area contributed by atoms with Gasteiger partial charge < -0.3 is 13.9 Å². The second kappa shape index (κ2) is 6.08. The average Bonchev–Trinajstić information content (AvgIpc) is 2.38. The van der Waals surface area contributed by atoms with Crippen molar-refractivity contribution in [2.75, 3.05) is 18.1 Å². The third-order valence-corrected chi connectivity index (χ3v) is 3.20. The molecule has 1 aromatic heterocycles. The lowest BCUT2D eigenvalue weighted by molar-refractivity contribution is 0.296. The van der Waals surface area contributed by atoms with Crippen LogP contribution < -0.4 is 15.1 Å². The molecule has 0 aliphatic carbocycles. The number of methoxy groups -OCH3 is 1. The molecule has 5 heteroatoms. The van der Waals surface area contributed by atoms with Crippen LogP contribution in [0, 0.1) is 0 Å². The van der Waals surface area contributed by atoms with Gasteiger partial charge in [0.05, 0.1) is 13.7 Å². The van der Waals surface area contributed by atoms with E-state index in [1.54, 1.807) is 25.3 Å². The first kappa shape index (κ1) is 13.2. The molecule has 0 N–H and O–H groups in total. The molecule has 2 rings (SSSR count). The largest absolute Gasteiger partial charge is 0.493 e. The van der Waals surface area contributed by atoms with Crippen LogP contribution >= 0.6 is 22.6 Å². The Labute approximate surface area is 118 Å². The Bertz CT molecular complexity index is 591. The molecule has 1 aromatic carbocycles. The average molecular weight is 360 g/mol. The van der Waals surface area contributed by atoms with E-state index >= 15 is 0 Å². The fourth-order valence-electron chi connectivity index (χ4n) is 1.58. The van der Waals surface area contributed by atoms with Crippen molar-refractivity contribution < 1.29 is 13.9 Å². The smallest absolute Gasteiger partial charge is 0.336 e. The third kappa shape index (κ3) is 2.95. The monoisotopic (exact) mass is 360 g/mol. The molecule has 0 atom stereocenters. The van der Waals surface area contributed by atoms with Crippen LogP contribution in [-0.2, 0) is 0 Å². The molecule has 0 aliphatic rings. The van der Waals surface area contributed by atoms with Crippen LogP contribution in [-0.4, -0.2) is 18.1 Å². The van der Waals surface area contributed by atoms with Gasteiger partial charge in [0, 0.05) is 21.9 Å². The van der Waals surface area contributed by atoms with Crippen molar-refractivity contribution in [3.63, 3.8) is 0 Å². The Kier molecular flexibility index (Phi) is 4.46. The second-order valence-electron chi connectivity index (χ2n) is 3.69. The second-order valence-corrected chi connectivity index (χ2v) is 4.77. The van der Waals surface area contributed by atoms with Crippen LogP contribution in [0.5, 0.6) is 11.5 Å². The standard InChI is InChI=1S/C13H13IO4/c1-16-11-7-9-3-4-13(15)18-10(9)8-12(11)17-6-2-5-14/h3-4,7-8H,2,5-6H2,1H3. The molecule has 2 aromatic rings. The summed E-state index contributed by atoms with van der Waals surface area (Å²) in [6, 6.07) is 6.59. The van der Waals surface area contributed by atoms with Crippen molar-refractivity contribution in [3.8, 4) is 11.5 Å². The normalized spacial score (nSPS) is 10.6. The fraction of sp³-hybridized carbons (Fsp3) is 0.308. The van der Waals surface area contributed by atoms with Gasteiger partial charge in [0.25, 0.3) is 0 Å². The van der Waals surface area contributed by atoms with Gasteiger partial charge in [-0.05, 0) is 18.6 Å². The van der Waals surface area contributed by atoms with Gasteiger partial charge in [-0.3, -0.25) is 0 Å². The molecule has 0 spiro atoms. The van der Waals surface area contributed by atoms with Gasteiger partial charge in [0.2, 0.25) is 0 Å². The SMILES string of the molecule is COc1cc2ccc(=O)oc2cc1OCCCI. The predicted molar refractivity (Wildman–Crippen MR) is 78.0 cm³/mol. The summed E-state index contributed by atoms with van der Waals surface area (Å²) < 4.78 is 17.0. The molecule has 0 saturated heterocycles. The molecular weight excluding hydrogens is 347 g/mol. The number of alkyl halides is 1. The number of benzene rings is 1. The quantitative estimate of drug-likeness (QED) is 0.356. The number of hydrogen-bond donors (Lipinski definition) is 0. The lowest BCUT2D eigenvalue weighted by atomic mass is 10.2. The first-order valence-corrected chi connectivity index (χ1v) is 7.08. The summed E-state index contributed by atoms with van der Waals surface area (Å²) in [6.45, 7) is 0.613. The Balaban J connectivity index is 2.40.